The lowest BCUT2D eigenvalue weighted by atomic mass is 10.1. The molecule has 1 unspecified atom stereocenters. The fraction of sp³-hybridized carbons (Fsp3) is 0.571. The lowest BCUT2D eigenvalue weighted by Crippen LogP contribution is -2.30. The van der Waals surface area contributed by atoms with Crippen LogP contribution in [-0.2, 0) is 9.84 Å². The van der Waals surface area contributed by atoms with E-state index in [1.165, 1.54) is 6.26 Å². The molecule has 0 amide bonds. The van der Waals surface area contributed by atoms with Gasteiger partial charge in [-0.1, -0.05) is 6.07 Å². The highest BCUT2D eigenvalue weighted by atomic mass is 32.2. The molecule has 2 rings (SSSR count). The number of para-hydroxylation sites is 1. The zero-order valence-electron chi connectivity index (χ0n) is 11.7. The van der Waals surface area contributed by atoms with Gasteiger partial charge in [0.25, 0.3) is 0 Å². The SMILES string of the molecule is CS(=O)(=O)c1cccc(N2CCCC2CCCO)c1N. The van der Waals surface area contributed by atoms with Crippen LogP contribution < -0.4 is 10.6 Å². The molecule has 1 aromatic rings. The van der Waals surface area contributed by atoms with E-state index in [4.69, 9.17) is 10.8 Å². The van der Waals surface area contributed by atoms with E-state index in [1.807, 2.05) is 6.07 Å². The maximum atomic E-state index is 11.7. The summed E-state index contributed by atoms with van der Waals surface area (Å²) in [5.41, 5.74) is 7.21. The van der Waals surface area contributed by atoms with Gasteiger partial charge in [-0.05, 0) is 37.8 Å². The molecule has 6 heteroatoms. The summed E-state index contributed by atoms with van der Waals surface area (Å²) in [6.07, 6.45) is 4.96. The molecule has 1 aliphatic heterocycles. The Hall–Kier alpha value is -1.27. The monoisotopic (exact) mass is 298 g/mol. The van der Waals surface area contributed by atoms with Gasteiger partial charge in [-0.2, -0.15) is 0 Å². The minimum atomic E-state index is -3.31. The highest BCUT2D eigenvalue weighted by Crippen LogP contribution is 2.35. The quantitative estimate of drug-likeness (QED) is 0.803. The molecule has 1 atom stereocenters. The first-order valence-electron chi connectivity index (χ1n) is 6.91. The fourth-order valence-corrected chi connectivity index (χ4v) is 3.72. The molecule has 5 nitrogen and oxygen atoms in total. The van der Waals surface area contributed by atoms with Crippen molar-refractivity contribution in [3.05, 3.63) is 18.2 Å². The number of hydrogen-bond donors (Lipinski definition) is 2. The van der Waals surface area contributed by atoms with Crippen LogP contribution in [0.5, 0.6) is 0 Å². The first kappa shape index (κ1) is 15.1. The third-order valence-corrected chi connectivity index (χ3v) is 4.98. The fourth-order valence-electron chi connectivity index (χ4n) is 2.89. The van der Waals surface area contributed by atoms with Crippen LogP contribution in [0, 0.1) is 0 Å². The standard InChI is InChI=1S/C14H22N2O3S/c1-20(18,19)13-8-2-7-12(14(13)15)16-9-3-5-11(16)6-4-10-17/h2,7-8,11,17H,3-6,9-10,15H2,1H3. The summed E-state index contributed by atoms with van der Waals surface area (Å²) in [5.74, 6) is 0. The van der Waals surface area contributed by atoms with E-state index < -0.39 is 9.84 Å². The van der Waals surface area contributed by atoms with Gasteiger partial charge >= 0.3 is 0 Å². The van der Waals surface area contributed by atoms with Crippen LogP contribution in [0.3, 0.4) is 0 Å². The molecule has 1 fully saturated rings. The number of hydrogen-bond acceptors (Lipinski definition) is 5. The van der Waals surface area contributed by atoms with E-state index in [0.717, 1.165) is 37.9 Å². The summed E-state index contributed by atoms with van der Waals surface area (Å²) in [7, 11) is -3.31. The molecular formula is C14H22N2O3S. The van der Waals surface area contributed by atoms with Crippen molar-refractivity contribution in [2.45, 2.75) is 36.6 Å². The maximum Gasteiger partial charge on any atom is 0.177 e. The van der Waals surface area contributed by atoms with Gasteiger partial charge in [-0.15, -0.1) is 0 Å². The van der Waals surface area contributed by atoms with Gasteiger partial charge in [-0.3, -0.25) is 0 Å². The van der Waals surface area contributed by atoms with E-state index in [1.54, 1.807) is 12.1 Å². The van der Waals surface area contributed by atoms with E-state index >= 15 is 0 Å². The Morgan fingerprint density at radius 1 is 1.45 bits per heavy atom. The van der Waals surface area contributed by atoms with Crippen molar-refractivity contribution in [1.29, 1.82) is 0 Å². The molecule has 1 saturated heterocycles. The average molecular weight is 298 g/mol. The Kier molecular flexibility index (Phi) is 4.55. The first-order valence-corrected chi connectivity index (χ1v) is 8.80. The predicted molar refractivity (Wildman–Crippen MR) is 80.7 cm³/mol. The first-order chi connectivity index (χ1) is 9.45. The number of nitrogen functional groups attached to an aromatic ring is 1. The van der Waals surface area contributed by atoms with Gasteiger partial charge in [-0.25, -0.2) is 8.42 Å². The molecule has 0 saturated carbocycles. The number of nitrogens with two attached hydrogens (primary N) is 1. The highest BCUT2D eigenvalue weighted by molar-refractivity contribution is 7.90. The molecule has 3 N–H and O–H groups in total. The summed E-state index contributed by atoms with van der Waals surface area (Å²) >= 11 is 0. The lowest BCUT2D eigenvalue weighted by Gasteiger charge is -2.28. The van der Waals surface area contributed by atoms with E-state index in [0.29, 0.717) is 11.7 Å². The molecule has 0 radical (unpaired) electrons. The Labute approximate surface area is 120 Å². The van der Waals surface area contributed by atoms with Crippen molar-refractivity contribution in [3.63, 3.8) is 0 Å². The van der Waals surface area contributed by atoms with Gasteiger partial charge < -0.3 is 15.7 Å². The zero-order valence-corrected chi connectivity index (χ0v) is 12.6. The number of benzene rings is 1. The van der Waals surface area contributed by atoms with Gasteiger partial charge in [0, 0.05) is 25.4 Å². The van der Waals surface area contributed by atoms with Crippen LogP contribution in [0.25, 0.3) is 0 Å². The van der Waals surface area contributed by atoms with Crippen molar-refractivity contribution >= 4 is 21.2 Å². The van der Waals surface area contributed by atoms with Crippen LogP contribution in [0.1, 0.15) is 25.7 Å². The second-order valence-corrected chi connectivity index (χ2v) is 7.30. The number of nitrogens with zero attached hydrogens (tertiary/aromatic N) is 1. The number of aliphatic hydroxyl groups excluding tert-OH is 1. The number of aliphatic hydroxyl groups is 1. The third-order valence-electron chi connectivity index (χ3n) is 3.82. The van der Waals surface area contributed by atoms with Crippen LogP contribution in [-0.4, -0.2) is 39.0 Å². The van der Waals surface area contributed by atoms with E-state index in [-0.39, 0.29) is 11.5 Å². The molecular weight excluding hydrogens is 276 g/mol. The summed E-state index contributed by atoms with van der Waals surface area (Å²) in [6, 6.07) is 5.50. The summed E-state index contributed by atoms with van der Waals surface area (Å²) in [5, 5.41) is 8.97. The Bertz CT molecular complexity index is 572. The molecule has 0 aliphatic carbocycles. The van der Waals surface area contributed by atoms with Crippen LogP contribution in [0.15, 0.2) is 23.1 Å². The molecule has 112 valence electrons. The molecule has 1 aliphatic rings. The Balaban J connectivity index is 2.33. The third kappa shape index (κ3) is 3.07. The molecule has 0 aromatic heterocycles. The van der Waals surface area contributed by atoms with E-state index in [9.17, 15) is 8.42 Å². The van der Waals surface area contributed by atoms with Crippen molar-refractivity contribution in [3.8, 4) is 0 Å². The average Bonchev–Trinajstić information content (AvgIpc) is 2.83. The largest absolute Gasteiger partial charge is 0.396 e. The summed E-state index contributed by atoms with van der Waals surface area (Å²) in [4.78, 5) is 2.38. The second-order valence-electron chi connectivity index (χ2n) is 5.32. The maximum absolute atomic E-state index is 11.7. The smallest absolute Gasteiger partial charge is 0.177 e. The van der Waals surface area contributed by atoms with Gasteiger partial charge in [0.1, 0.15) is 0 Å². The number of sulfone groups is 1. The van der Waals surface area contributed by atoms with Crippen LogP contribution >= 0.6 is 0 Å². The van der Waals surface area contributed by atoms with Gasteiger partial charge in [0.15, 0.2) is 9.84 Å². The molecule has 20 heavy (non-hydrogen) atoms. The molecule has 1 aromatic carbocycles. The van der Waals surface area contributed by atoms with Crippen LogP contribution in [0.2, 0.25) is 0 Å². The Morgan fingerprint density at radius 3 is 2.85 bits per heavy atom. The van der Waals surface area contributed by atoms with Gasteiger partial charge in [0.05, 0.1) is 16.3 Å². The van der Waals surface area contributed by atoms with Crippen molar-refractivity contribution < 1.29 is 13.5 Å². The predicted octanol–water partition coefficient (Wildman–Crippen LogP) is 1.41. The summed E-state index contributed by atoms with van der Waals surface area (Å²) in [6.45, 7) is 1.07. The normalized spacial score (nSPS) is 19.5. The second kappa shape index (κ2) is 6.01. The van der Waals surface area contributed by atoms with E-state index in [2.05, 4.69) is 4.90 Å². The minimum Gasteiger partial charge on any atom is -0.396 e. The highest BCUT2D eigenvalue weighted by Gasteiger charge is 2.27. The Morgan fingerprint density at radius 2 is 2.20 bits per heavy atom. The van der Waals surface area contributed by atoms with Crippen molar-refractivity contribution in [2.75, 3.05) is 30.0 Å². The van der Waals surface area contributed by atoms with Crippen molar-refractivity contribution in [1.82, 2.24) is 0 Å². The topological polar surface area (TPSA) is 83.6 Å². The molecule has 0 bridgehead atoms. The van der Waals surface area contributed by atoms with Crippen LogP contribution in [0.4, 0.5) is 11.4 Å². The lowest BCUT2D eigenvalue weighted by molar-refractivity contribution is 0.279. The molecule has 1 heterocycles. The summed E-state index contributed by atoms with van der Waals surface area (Å²) < 4.78 is 23.5. The number of rotatable bonds is 5. The zero-order chi connectivity index (χ0) is 14.8. The minimum absolute atomic E-state index is 0.184. The number of anilines is 2. The van der Waals surface area contributed by atoms with Crippen molar-refractivity contribution in [2.24, 2.45) is 0 Å². The van der Waals surface area contributed by atoms with Gasteiger partial charge in [0.2, 0.25) is 0 Å². The molecule has 0 spiro atoms.